The number of rotatable bonds is 4. The minimum atomic E-state index is -0.299. The van der Waals surface area contributed by atoms with Crippen LogP contribution in [0.1, 0.15) is 41.8 Å². The summed E-state index contributed by atoms with van der Waals surface area (Å²) in [6.07, 6.45) is 4.78. The van der Waals surface area contributed by atoms with Gasteiger partial charge in [0.1, 0.15) is 11.3 Å². The lowest BCUT2D eigenvalue weighted by Gasteiger charge is -2.26. The second kappa shape index (κ2) is 6.93. The van der Waals surface area contributed by atoms with Crippen LogP contribution in [0.4, 0.5) is 0 Å². The second-order valence-electron chi connectivity index (χ2n) is 6.76. The van der Waals surface area contributed by atoms with Crippen LogP contribution in [0, 0.1) is 12.3 Å². The number of likely N-dealkylation sites (tertiary alicyclic amines) is 2. The molecule has 2 saturated heterocycles. The Morgan fingerprint density at radius 1 is 1.33 bits per heavy atom. The summed E-state index contributed by atoms with van der Waals surface area (Å²) >= 11 is 0. The molecule has 0 saturated carbocycles. The third kappa shape index (κ3) is 3.05. The Hall–Kier alpha value is -1.89. The number of hydrogen-bond donors (Lipinski definition) is 0. The summed E-state index contributed by atoms with van der Waals surface area (Å²) in [6, 6.07) is 0. The smallest absolute Gasteiger partial charge is 0.259 e. The Kier molecular flexibility index (Phi) is 4.89. The quantitative estimate of drug-likeness (QED) is 0.833. The highest BCUT2D eigenvalue weighted by atomic mass is 16.5. The van der Waals surface area contributed by atoms with Crippen molar-refractivity contribution in [1.29, 1.82) is 0 Å². The lowest BCUT2D eigenvalue weighted by molar-refractivity contribution is -0.137. The van der Waals surface area contributed by atoms with E-state index in [9.17, 15) is 9.59 Å². The van der Waals surface area contributed by atoms with Crippen molar-refractivity contribution < 1.29 is 18.8 Å². The van der Waals surface area contributed by atoms with Gasteiger partial charge in [-0.15, -0.1) is 0 Å². The highest BCUT2D eigenvalue weighted by Gasteiger charge is 2.47. The number of amides is 2. The molecule has 0 bridgehead atoms. The van der Waals surface area contributed by atoms with E-state index in [2.05, 4.69) is 5.16 Å². The molecule has 0 radical (unpaired) electrons. The summed E-state index contributed by atoms with van der Waals surface area (Å²) in [5.41, 5.74) is 0.220. The first-order chi connectivity index (χ1) is 11.6. The molecule has 0 aliphatic carbocycles. The first-order valence-corrected chi connectivity index (χ1v) is 8.56. The van der Waals surface area contributed by atoms with Crippen LogP contribution >= 0.6 is 0 Å². The number of hydrogen-bond acceptors (Lipinski definition) is 5. The minimum Gasteiger partial charge on any atom is -0.383 e. The highest BCUT2D eigenvalue weighted by molar-refractivity contribution is 5.95. The number of aryl methyl sites for hydroxylation is 1. The van der Waals surface area contributed by atoms with Gasteiger partial charge < -0.3 is 19.1 Å². The van der Waals surface area contributed by atoms with Crippen molar-refractivity contribution in [2.75, 3.05) is 39.9 Å². The van der Waals surface area contributed by atoms with E-state index in [-0.39, 0.29) is 17.2 Å². The summed E-state index contributed by atoms with van der Waals surface area (Å²) in [7, 11) is 1.65. The van der Waals surface area contributed by atoms with Crippen LogP contribution < -0.4 is 0 Å². The molecular formula is C17H25N3O4. The monoisotopic (exact) mass is 335 g/mol. The van der Waals surface area contributed by atoms with E-state index in [0.717, 1.165) is 32.2 Å². The number of ether oxygens (including phenoxy) is 1. The molecule has 2 amide bonds. The number of carbonyl (C=O) groups excluding carboxylic acids is 2. The summed E-state index contributed by atoms with van der Waals surface area (Å²) in [5.74, 6) is 0.726. The topological polar surface area (TPSA) is 75.9 Å². The normalized spacial score (nSPS) is 24.7. The lowest BCUT2D eigenvalue weighted by atomic mass is 9.79. The largest absolute Gasteiger partial charge is 0.383 e. The Balaban J connectivity index is 1.66. The van der Waals surface area contributed by atoms with Crippen molar-refractivity contribution in [2.45, 2.75) is 32.6 Å². The van der Waals surface area contributed by atoms with Crippen LogP contribution in [0.25, 0.3) is 0 Å². The maximum absolute atomic E-state index is 12.8. The third-order valence-corrected chi connectivity index (χ3v) is 5.38. The van der Waals surface area contributed by atoms with Crippen molar-refractivity contribution in [3.8, 4) is 0 Å². The molecule has 7 heteroatoms. The van der Waals surface area contributed by atoms with E-state index >= 15 is 0 Å². The van der Waals surface area contributed by atoms with E-state index in [1.807, 2.05) is 9.80 Å². The average Bonchev–Trinajstić information content (AvgIpc) is 3.04. The Morgan fingerprint density at radius 3 is 2.83 bits per heavy atom. The summed E-state index contributed by atoms with van der Waals surface area (Å²) in [4.78, 5) is 29.2. The molecule has 2 aliphatic rings. The fourth-order valence-corrected chi connectivity index (χ4v) is 3.84. The minimum absolute atomic E-state index is 0.0486. The Morgan fingerprint density at radius 2 is 2.12 bits per heavy atom. The van der Waals surface area contributed by atoms with Gasteiger partial charge in [0.15, 0.2) is 0 Å². The lowest BCUT2D eigenvalue weighted by Crippen LogP contribution is -2.37. The van der Waals surface area contributed by atoms with Crippen molar-refractivity contribution in [3.63, 3.8) is 0 Å². The van der Waals surface area contributed by atoms with Gasteiger partial charge in [0, 0.05) is 33.3 Å². The summed E-state index contributed by atoms with van der Waals surface area (Å²) in [6.45, 7) is 5.04. The van der Waals surface area contributed by atoms with E-state index in [4.69, 9.17) is 9.26 Å². The molecular weight excluding hydrogens is 310 g/mol. The first kappa shape index (κ1) is 17.0. The van der Waals surface area contributed by atoms with Crippen LogP contribution in [0.3, 0.4) is 0 Å². The molecule has 3 rings (SSSR count). The zero-order valence-corrected chi connectivity index (χ0v) is 14.4. The zero-order valence-electron chi connectivity index (χ0n) is 14.4. The van der Waals surface area contributed by atoms with Crippen LogP contribution in [0.5, 0.6) is 0 Å². The first-order valence-electron chi connectivity index (χ1n) is 8.56. The fraction of sp³-hybridized carbons (Fsp3) is 0.706. The molecule has 1 aromatic heterocycles. The van der Waals surface area contributed by atoms with E-state index in [0.29, 0.717) is 37.6 Å². The van der Waals surface area contributed by atoms with Crippen molar-refractivity contribution in [2.24, 2.45) is 5.41 Å². The molecule has 0 unspecified atom stereocenters. The van der Waals surface area contributed by atoms with Gasteiger partial charge in [-0.1, -0.05) is 5.16 Å². The Labute approximate surface area is 141 Å². The van der Waals surface area contributed by atoms with E-state index < -0.39 is 0 Å². The maximum Gasteiger partial charge on any atom is 0.259 e. The molecule has 24 heavy (non-hydrogen) atoms. The molecule has 0 aromatic carbocycles. The molecule has 132 valence electrons. The van der Waals surface area contributed by atoms with Gasteiger partial charge >= 0.3 is 0 Å². The van der Waals surface area contributed by atoms with Gasteiger partial charge in [-0.05, 0) is 32.6 Å². The second-order valence-corrected chi connectivity index (χ2v) is 6.76. The zero-order chi connectivity index (χ0) is 17.2. The summed E-state index contributed by atoms with van der Waals surface area (Å²) < 4.78 is 10.1. The van der Waals surface area contributed by atoms with Crippen molar-refractivity contribution in [1.82, 2.24) is 15.0 Å². The molecule has 0 N–H and O–H groups in total. The molecule has 2 fully saturated rings. The molecule has 7 nitrogen and oxygen atoms in total. The summed E-state index contributed by atoms with van der Waals surface area (Å²) in [5, 5.41) is 3.69. The molecule has 2 aliphatic heterocycles. The van der Waals surface area contributed by atoms with Crippen LogP contribution in [0.15, 0.2) is 10.7 Å². The van der Waals surface area contributed by atoms with Gasteiger partial charge in [0.2, 0.25) is 5.91 Å². The number of methoxy groups -OCH3 is 1. The van der Waals surface area contributed by atoms with Gasteiger partial charge in [-0.2, -0.15) is 0 Å². The average molecular weight is 335 g/mol. The van der Waals surface area contributed by atoms with Crippen molar-refractivity contribution >= 4 is 11.8 Å². The maximum atomic E-state index is 12.8. The fourth-order valence-electron chi connectivity index (χ4n) is 3.84. The standard InChI is InChI=1S/C17H25N3O4/c1-13-14(12-18-24-13)15(21)19-7-3-4-17(5-8-19)6-9-20(16(17)22)10-11-23-2/h12H,3-11H2,1-2H3/t17-/m0/s1. The predicted molar refractivity (Wildman–Crippen MR) is 86.5 cm³/mol. The van der Waals surface area contributed by atoms with Crippen LogP contribution in [-0.4, -0.2) is 66.7 Å². The molecule has 1 spiro atoms. The van der Waals surface area contributed by atoms with E-state index in [1.54, 1.807) is 14.0 Å². The molecule has 1 atom stereocenters. The number of aromatic nitrogens is 1. The van der Waals surface area contributed by atoms with Crippen LogP contribution in [0.2, 0.25) is 0 Å². The van der Waals surface area contributed by atoms with E-state index in [1.165, 1.54) is 6.20 Å². The molecule has 1 aromatic rings. The predicted octanol–water partition coefficient (Wildman–Crippen LogP) is 1.47. The molecule has 3 heterocycles. The van der Waals surface area contributed by atoms with Gasteiger partial charge in [-0.25, -0.2) is 0 Å². The number of carbonyl (C=O) groups is 2. The number of nitrogens with zero attached hydrogens (tertiary/aromatic N) is 3. The SMILES string of the molecule is COCCN1CC[C@@]2(CCCN(C(=O)c3cnoc3C)CC2)C1=O. The van der Waals surface area contributed by atoms with Crippen LogP contribution in [-0.2, 0) is 9.53 Å². The highest BCUT2D eigenvalue weighted by Crippen LogP contribution is 2.41. The van der Waals surface area contributed by atoms with Gasteiger partial charge in [0.25, 0.3) is 5.91 Å². The van der Waals surface area contributed by atoms with Crippen molar-refractivity contribution in [3.05, 3.63) is 17.5 Å². The Bertz CT molecular complexity index is 615. The third-order valence-electron chi connectivity index (χ3n) is 5.38. The van der Waals surface area contributed by atoms with Gasteiger partial charge in [-0.3, -0.25) is 9.59 Å². The van der Waals surface area contributed by atoms with Gasteiger partial charge in [0.05, 0.1) is 18.2 Å².